The number of rotatable bonds is 4. The summed E-state index contributed by atoms with van der Waals surface area (Å²) in [5.41, 5.74) is 1.87. The van der Waals surface area contributed by atoms with E-state index in [-0.39, 0.29) is 5.91 Å². The van der Waals surface area contributed by atoms with Gasteiger partial charge in [-0.3, -0.25) is 4.79 Å². The Kier molecular flexibility index (Phi) is 3.75. The molecule has 1 atom stereocenters. The van der Waals surface area contributed by atoms with Crippen molar-refractivity contribution in [2.24, 2.45) is 0 Å². The van der Waals surface area contributed by atoms with Crippen molar-refractivity contribution in [2.45, 2.75) is 25.9 Å². The second-order valence-corrected chi connectivity index (χ2v) is 5.62. The molecule has 0 saturated carbocycles. The zero-order chi connectivity index (χ0) is 15.6. The van der Waals surface area contributed by atoms with Crippen molar-refractivity contribution in [1.29, 1.82) is 0 Å². The maximum Gasteiger partial charge on any atom is 0.255 e. The molecule has 1 unspecified atom stereocenters. The van der Waals surface area contributed by atoms with Crippen molar-refractivity contribution < 1.29 is 9.53 Å². The van der Waals surface area contributed by atoms with E-state index in [1.807, 2.05) is 55.5 Å². The summed E-state index contributed by atoms with van der Waals surface area (Å²) in [6.45, 7) is 4.75. The van der Waals surface area contributed by atoms with Crippen LogP contribution in [0.15, 0.2) is 48.5 Å². The lowest BCUT2D eigenvalue weighted by Gasteiger charge is -2.38. The molecule has 114 valence electrons. The minimum atomic E-state index is -0.630. The van der Waals surface area contributed by atoms with Crippen LogP contribution in [-0.4, -0.2) is 12.5 Å². The molecule has 0 radical (unpaired) electrons. The number of benzene rings is 2. The fraction of sp³-hybridized carbons (Fsp3) is 0.278. The van der Waals surface area contributed by atoms with Crippen molar-refractivity contribution >= 4 is 11.6 Å². The maximum absolute atomic E-state index is 12.3. The van der Waals surface area contributed by atoms with Gasteiger partial charge in [-0.15, -0.1) is 0 Å². The van der Waals surface area contributed by atoms with Crippen LogP contribution >= 0.6 is 0 Å². The molecular formula is C18H20N2O2. The number of amides is 1. The van der Waals surface area contributed by atoms with Gasteiger partial charge in [-0.1, -0.05) is 31.2 Å². The Balaban J connectivity index is 1.87. The number of carbonyl (C=O) groups is 1. The zero-order valence-corrected chi connectivity index (χ0v) is 12.8. The summed E-state index contributed by atoms with van der Waals surface area (Å²) < 4.78 is 5.60. The number of ether oxygens (including phenoxy) is 1. The molecule has 4 heteroatoms. The topological polar surface area (TPSA) is 50.4 Å². The fourth-order valence-corrected chi connectivity index (χ4v) is 2.63. The number of nitrogens with one attached hydrogen (secondary N) is 2. The number of para-hydroxylation sites is 1. The first-order valence-corrected chi connectivity index (χ1v) is 7.55. The van der Waals surface area contributed by atoms with Gasteiger partial charge in [0.2, 0.25) is 0 Å². The Hall–Kier alpha value is -2.49. The first-order chi connectivity index (χ1) is 10.6. The number of fused-ring (bicyclic) bond motifs is 1. The smallest absolute Gasteiger partial charge is 0.255 e. The lowest BCUT2D eigenvalue weighted by molar-refractivity contribution is 0.0906. The predicted octanol–water partition coefficient (Wildman–Crippen LogP) is 3.50. The fourth-order valence-electron chi connectivity index (χ4n) is 2.63. The number of anilines is 1. The van der Waals surface area contributed by atoms with Gasteiger partial charge in [0, 0.05) is 5.69 Å². The monoisotopic (exact) mass is 296 g/mol. The Bertz CT molecular complexity index is 682. The Labute approximate surface area is 130 Å². The van der Waals surface area contributed by atoms with Crippen LogP contribution in [-0.2, 0) is 5.66 Å². The molecule has 22 heavy (non-hydrogen) atoms. The first kappa shape index (κ1) is 14.4. The van der Waals surface area contributed by atoms with Crippen LogP contribution in [0.2, 0.25) is 0 Å². The van der Waals surface area contributed by atoms with Crippen molar-refractivity contribution in [2.75, 3.05) is 11.9 Å². The van der Waals surface area contributed by atoms with Crippen LogP contribution < -0.4 is 15.4 Å². The molecular weight excluding hydrogens is 276 g/mol. The summed E-state index contributed by atoms with van der Waals surface area (Å²) >= 11 is 0. The van der Waals surface area contributed by atoms with E-state index >= 15 is 0 Å². The lowest BCUT2D eigenvalue weighted by atomic mass is 9.96. The van der Waals surface area contributed by atoms with Gasteiger partial charge in [-0.25, -0.2) is 0 Å². The number of hydrogen-bond acceptors (Lipinski definition) is 3. The molecule has 3 rings (SSSR count). The van der Waals surface area contributed by atoms with Gasteiger partial charge in [0.1, 0.15) is 11.4 Å². The lowest BCUT2D eigenvalue weighted by Crippen LogP contribution is -2.52. The van der Waals surface area contributed by atoms with Crippen LogP contribution in [0.3, 0.4) is 0 Å². The average molecular weight is 296 g/mol. The standard InChI is InChI=1S/C18H20N2O2/c1-3-12-22-14-10-8-13(9-11-14)18(2)19-16-7-5-4-6-15(16)17(21)20-18/h4-11,19H,3,12H2,1-2H3,(H,20,21). The molecule has 1 heterocycles. The average Bonchev–Trinajstić information content (AvgIpc) is 2.53. The van der Waals surface area contributed by atoms with Gasteiger partial charge in [0.25, 0.3) is 5.91 Å². The van der Waals surface area contributed by atoms with Crippen LogP contribution in [0.1, 0.15) is 36.2 Å². The van der Waals surface area contributed by atoms with E-state index in [1.165, 1.54) is 0 Å². The van der Waals surface area contributed by atoms with Crippen molar-refractivity contribution in [3.63, 3.8) is 0 Å². The second kappa shape index (κ2) is 5.72. The van der Waals surface area contributed by atoms with Gasteiger partial charge in [-0.2, -0.15) is 0 Å². The minimum absolute atomic E-state index is 0.0665. The second-order valence-electron chi connectivity index (χ2n) is 5.62. The van der Waals surface area contributed by atoms with E-state index < -0.39 is 5.66 Å². The largest absolute Gasteiger partial charge is 0.494 e. The highest BCUT2D eigenvalue weighted by molar-refractivity contribution is 6.02. The molecule has 1 aliphatic heterocycles. The van der Waals surface area contributed by atoms with Crippen LogP contribution in [0.25, 0.3) is 0 Å². The Morgan fingerprint density at radius 3 is 2.50 bits per heavy atom. The van der Waals surface area contributed by atoms with Gasteiger partial charge >= 0.3 is 0 Å². The predicted molar refractivity (Wildman–Crippen MR) is 87.1 cm³/mol. The highest BCUT2D eigenvalue weighted by Crippen LogP contribution is 2.31. The van der Waals surface area contributed by atoms with E-state index in [0.29, 0.717) is 12.2 Å². The van der Waals surface area contributed by atoms with Crippen LogP contribution in [0.4, 0.5) is 5.69 Å². The summed E-state index contributed by atoms with van der Waals surface area (Å²) in [7, 11) is 0. The molecule has 0 aliphatic carbocycles. The summed E-state index contributed by atoms with van der Waals surface area (Å²) in [5, 5.41) is 6.45. The third kappa shape index (κ3) is 2.64. The zero-order valence-electron chi connectivity index (χ0n) is 12.8. The van der Waals surface area contributed by atoms with E-state index in [4.69, 9.17) is 4.74 Å². The molecule has 4 nitrogen and oxygen atoms in total. The maximum atomic E-state index is 12.3. The number of hydrogen-bond donors (Lipinski definition) is 2. The first-order valence-electron chi connectivity index (χ1n) is 7.55. The molecule has 0 bridgehead atoms. The van der Waals surface area contributed by atoms with Crippen molar-refractivity contribution in [1.82, 2.24) is 5.32 Å². The van der Waals surface area contributed by atoms with Crippen LogP contribution in [0, 0.1) is 0 Å². The van der Waals surface area contributed by atoms with Gasteiger partial charge < -0.3 is 15.4 Å². The van der Waals surface area contributed by atoms with Crippen molar-refractivity contribution in [3.05, 3.63) is 59.7 Å². The SMILES string of the molecule is CCCOc1ccc(C2(C)NC(=O)c3ccccc3N2)cc1. The molecule has 1 amide bonds. The van der Waals surface area contributed by atoms with E-state index in [9.17, 15) is 4.79 Å². The summed E-state index contributed by atoms with van der Waals surface area (Å²) in [6.07, 6.45) is 0.980. The van der Waals surface area contributed by atoms with E-state index in [1.54, 1.807) is 0 Å². The van der Waals surface area contributed by atoms with E-state index in [2.05, 4.69) is 17.6 Å². The third-order valence-corrected chi connectivity index (χ3v) is 3.82. The molecule has 0 spiro atoms. The Morgan fingerprint density at radius 1 is 1.05 bits per heavy atom. The molecule has 0 saturated heterocycles. The highest BCUT2D eigenvalue weighted by Gasteiger charge is 2.34. The normalized spacial score (nSPS) is 19.8. The van der Waals surface area contributed by atoms with E-state index in [0.717, 1.165) is 23.4 Å². The molecule has 2 aromatic carbocycles. The minimum Gasteiger partial charge on any atom is -0.494 e. The third-order valence-electron chi connectivity index (χ3n) is 3.82. The summed E-state index contributed by atoms with van der Waals surface area (Å²) in [6, 6.07) is 15.4. The van der Waals surface area contributed by atoms with Crippen molar-refractivity contribution in [3.8, 4) is 5.75 Å². The molecule has 2 N–H and O–H groups in total. The van der Waals surface area contributed by atoms with Gasteiger partial charge in [0.15, 0.2) is 0 Å². The molecule has 1 aliphatic rings. The van der Waals surface area contributed by atoms with Gasteiger partial charge in [0.05, 0.1) is 12.2 Å². The van der Waals surface area contributed by atoms with Crippen LogP contribution in [0.5, 0.6) is 5.75 Å². The highest BCUT2D eigenvalue weighted by atomic mass is 16.5. The molecule has 0 aromatic heterocycles. The summed E-state index contributed by atoms with van der Waals surface area (Å²) in [5.74, 6) is 0.778. The number of carbonyl (C=O) groups excluding carboxylic acids is 1. The molecule has 2 aromatic rings. The summed E-state index contributed by atoms with van der Waals surface area (Å²) in [4.78, 5) is 12.3. The Morgan fingerprint density at radius 2 is 1.77 bits per heavy atom. The quantitative estimate of drug-likeness (QED) is 0.908. The molecule has 0 fully saturated rings. The van der Waals surface area contributed by atoms with Gasteiger partial charge in [-0.05, 0) is 43.2 Å².